The van der Waals surface area contributed by atoms with Crippen molar-refractivity contribution in [3.63, 3.8) is 0 Å². The van der Waals surface area contributed by atoms with Crippen LogP contribution in [-0.4, -0.2) is 28.6 Å². The summed E-state index contributed by atoms with van der Waals surface area (Å²) in [6.07, 6.45) is 3.09. The number of carbonyl (C=O) groups excluding carboxylic acids is 2. The maximum atomic E-state index is 12.2. The molecule has 0 bridgehead atoms. The number of rotatable bonds is 4. The van der Waals surface area contributed by atoms with Crippen LogP contribution < -0.4 is 10.6 Å². The number of hydrogen-bond acceptors (Lipinski definition) is 3. The summed E-state index contributed by atoms with van der Waals surface area (Å²) in [5, 5.41) is 9.83. The summed E-state index contributed by atoms with van der Waals surface area (Å²) in [5.74, 6) is -0.409. The van der Waals surface area contributed by atoms with Crippen molar-refractivity contribution in [2.24, 2.45) is 0 Å². The molecule has 1 aromatic heterocycles. The lowest BCUT2D eigenvalue weighted by molar-refractivity contribution is -0.121. The Balaban J connectivity index is 2.07. The van der Waals surface area contributed by atoms with Gasteiger partial charge in [-0.2, -0.15) is 5.10 Å². The molecule has 1 heterocycles. The Hall–Kier alpha value is -2.34. The van der Waals surface area contributed by atoms with Crippen molar-refractivity contribution in [2.75, 3.05) is 12.4 Å². The topological polar surface area (TPSA) is 76.0 Å². The number of anilines is 1. The standard InChI is InChI=1S/C14H15ClN4O2/c1-9-5-10(15)3-4-12(9)14(21)18-11-6-17-19(7-11)8-13(20)16-2/h3-7H,8H2,1-2H3,(H,16,20)(H,18,21). The summed E-state index contributed by atoms with van der Waals surface area (Å²) in [6, 6.07) is 5.06. The monoisotopic (exact) mass is 306 g/mol. The van der Waals surface area contributed by atoms with Gasteiger partial charge in [0.2, 0.25) is 5.91 Å². The highest BCUT2D eigenvalue weighted by Gasteiger charge is 2.11. The summed E-state index contributed by atoms with van der Waals surface area (Å²) in [7, 11) is 1.55. The van der Waals surface area contributed by atoms with Crippen LogP contribution in [-0.2, 0) is 11.3 Å². The molecule has 1 aromatic carbocycles. The molecule has 7 heteroatoms. The zero-order valence-electron chi connectivity index (χ0n) is 11.7. The number of benzene rings is 1. The molecule has 0 aliphatic heterocycles. The smallest absolute Gasteiger partial charge is 0.256 e. The van der Waals surface area contributed by atoms with Crippen LogP contribution in [0.5, 0.6) is 0 Å². The molecule has 2 rings (SSSR count). The van der Waals surface area contributed by atoms with Crippen molar-refractivity contribution in [3.05, 3.63) is 46.7 Å². The van der Waals surface area contributed by atoms with E-state index < -0.39 is 0 Å². The molecule has 2 aromatic rings. The quantitative estimate of drug-likeness (QED) is 0.905. The van der Waals surface area contributed by atoms with Gasteiger partial charge in [-0.3, -0.25) is 14.3 Å². The fourth-order valence-electron chi connectivity index (χ4n) is 1.82. The van der Waals surface area contributed by atoms with E-state index >= 15 is 0 Å². The molecular weight excluding hydrogens is 292 g/mol. The first-order valence-corrected chi connectivity index (χ1v) is 6.68. The Morgan fingerprint density at radius 2 is 2.14 bits per heavy atom. The molecule has 0 spiro atoms. The lowest BCUT2D eigenvalue weighted by atomic mass is 10.1. The highest BCUT2D eigenvalue weighted by molar-refractivity contribution is 6.30. The Morgan fingerprint density at radius 1 is 1.38 bits per heavy atom. The van der Waals surface area contributed by atoms with Gasteiger partial charge in [0, 0.05) is 23.8 Å². The number of carbonyl (C=O) groups is 2. The van der Waals surface area contributed by atoms with Gasteiger partial charge in [-0.15, -0.1) is 0 Å². The molecule has 0 atom stereocenters. The third kappa shape index (κ3) is 3.82. The van der Waals surface area contributed by atoms with E-state index in [-0.39, 0.29) is 18.4 Å². The van der Waals surface area contributed by atoms with Gasteiger partial charge in [0.15, 0.2) is 0 Å². The average molecular weight is 307 g/mol. The molecule has 0 fully saturated rings. The van der Waals surface area contributed by atoms with E-state index in [0.29, 0.717) is 16.3 Å². The van der Waals surface area contributed by atoms with Crippen LogP contribution in [0, 0.1) is 6.92 Å². The summed E-state index contributed by atoms with van der Waals surface area (Å²) in [4.78, 5) is 23.4. The molecule has 110 valence electrons. The molecule has 0 saturated heterocycles. The lowest BCUT2D eigenvalue weighted by Crippen LogP contribution is -2.23. The van der Waals surface area contributed by atoms with Gasteiger partial charge in [-0.1, -0.05) is 11.6 Å². The highest BCUT2D eigenvalue weighted by Crippen LogP contribution is 2.16. The number of amides is 2. The van der Waals surface area contributed by atoms with E-state index in [1.54, 1.807) is 31.4 Å². The van der Waals surface area contributed by atoms with Crippen molar-refractivity contribution in [1.82, 2.24) is 15.1 Å². The van der Waals surface area contributed by atoms with Gasteiger partial charge in [0.05, 0.1) is 11.9 Å². The first-order chi connectivity index (χ1) is 9.99. The van der Waals surface area contributed by atoms with E-state index in [9.17, 15) is 9.59 Å². The van der Waals surface area contributed by atoms with Crippen molar-refractivity contribution >= 4 is 29.1 Å². The van der Waals surface area contributed by atoms with E-state index in [1.807, 2.05) is 6.92 Å². The van der Waals surface area contributed by atoms with Crippen LogP contribution in [0.25, 0.3) is 0 Å². The van der Waals surface area contributed by atoms with E-state index in [2.05, 4.69) is 15.7 Å². The molecule has 2 N–H and O–H groups in total. The fourth-order valence-corrected chi connectivity index (χ4v) is 2.05. The number of aryl methyl sites for hydroxylation is 1. The van der Waals surface area contributed by atoms with Crippen LogP contribution in [0.1, 0.15) is 15.9 Å². The Kier molecular flexibility index (Phi) is 4.59. The molecular formula is C14H15ClN4O2. The van der Waals surface area contributed by atoms with E-state index in [4.69, 9.17) is 11.6 Å². The summed E-state index contributed by atoms with van der Waals surface area (Å²) in [5.41, 5.74) is 1.86. The van der Waals surface area contributed by atoms with Gasteiger partial charge in [0.1, 0.15) is 6.54 Å². The average Bonchev–Trinajstić information content (AvgIpc) is 2.85. The van der Waals surface area contributed by atoms with Gasteiger partial charge in [-0.25, -0.2) is 0 Å². The van der Waals surface area contributed by atoms with Crippen molar-refractivity contribution in [1.29, 1.82) is 0 Å². The second-order valence-electron chi connectivity index (χ2n) is 4.51. The van der Waals surface area contributed by atoms with Crippen molar-refractivity contribution in [3.8, 4) is 0 Å². The van der Waals surface area contributed by atoms with E-state index in [0.717, 1.165) is 5.56 Å². The number of nitrogens with zero attached hydrogens (tertiary/aromatic N) is 2. The van der Waals surface area contributed by atoms with Crippen LogP contribution in [0.4, 0.5) is 5.69 Å². The minimum atomic E-state index is -0.247. The first-order valence-electron chi connectivity index (χ1n) is 6.30. The molecule has 0 saturated carbocycles. The number of hydrogen-bond donors (Lipinski definition) is 2. The molecule has 2 amide bonds. The van der Waals surface area contributed by atoms with Crippen molar-refractivity contribution < 1.29 is 9.59 Å². The Bertz CT molecular complexity index is 681. The summed E-state index contributed by atoms with van der Waals surface area (Å²) in [6.45, 7) is 1.92. The minimum absolute atomic E-state index is 0.104. The third-order valence-electron chi connectivity index (χ3n) is 2.91. The largest absolute Gasteiger partial charge is 0.358 e. The van der Waals surface area contributed by atoms with Crippen LogP contribution in [0.2, 0.25) is 5.02 Å². The lowest BCUT2D eigenvalue weighted by Gasteiger charge is -2.06. The van der Waals surface area contributed by atoms with Gasteiger partial charge < -0.3 is 10.6 Å². The second kappa shape index (κ2) is 6.41. The molecule has 0 aliphatic rings. The predicted octanol–water partition coefficient (Wildman–Crippen LogP) is 1.84. The van der Waals surface area contributed by atoms with E-state index in [1.165, 1.54) is 10.9 Å². The number of aromatic nitrogens is 2. The molecule has 0 radical (unpaired) electrons. The Morgan fingerprint density at radius 3 is 2.81 bits per heavy atom. The SMILES string of the molecule is CNC(=O)Cn1cc(NC(=O)c2ccc(Cl)cc2C)cn1. The normalized spacial score (nSPS) is 10.2. The second-order valence-corrected chi connectivity index (χ2v) is 4.95. The predicted molar refractivity (Wildman–Crippen MR) is 80.4 cm³/mol. The maximum Gasteiger partial charge on any atom is 0.256 e. The summed E-state index contributed by atoms with van der Waals surface area (Å²) >= 11 is 5.86. The minimum Gasteiger partial charge on any atom is -0.358 e. The molecule has 6 nitrogen and oxygen atoms in total. The molecule has 21 heavy (non-hydrogen) atoms. The molecule has 0 unspecified atom stereocenters. The van der Waals surface area contributed by atoms with Gasteiger partial charge in [0.25, 0.3) is 5.91 Å². The van der Waals surface area contributed by atoms with Gasteiger partial charge >= 0.3 is 0 Å². The zero-order valence-corrected chi connectivity index (χ0v) is 12.4. The third-order valence-corrected chi connectivity index (χ3v) is 3.14. The first kappa shape index (κ1) is 15.1. The number of likely N-dealkylation sites (N-methyl/N-ethyl adjacent to an activating group) is 1. The summed E-state index contributed by atoms with van der Waals surface area (Å²) < 4.78 is 1.45. The van der Waals surface area contributed by atoms with Crippen LogP contribution >= 0.6 is 11.6 Å². The Labute approximate surface area is 127 Å². The molecule has 0 aliphatic carbocycles. The number of nitrogens with one attached hydrogen (secondary N) is 2. The number of halogens is 1. The highest BCUT2D eigenvalue weighted by atomic mass is 35.5. The van der Waals surface area contributed by atoms with Crippen LogP contribution in [0.3, 0.4) is 0 Å². The maximum absolute atomic E-state index is 12.2. The zero-order chi connectivity index (χ0) is 15.4. The van der Waals surface area contributed by atoms with Gasteiger partial charge in [-0.05, 0) is 30.7 Å². The van der Waals surface area contributed by atoms with Crippen molar-refractivity contribution in [2.45, 2.75) is 13.5 Å². The van der Waals surface area contributed by atoms with Crippen LogP contribution in [0.15, 0.2) is 30.6 Å². The fraction of sp³-hybridized carbons (Fsp3) is 0.214.